The Bertz CT molecular complexity index is 671. The van der Waals surface area contributed by atoms with Crippen LogP contribution in [0.25, 0.3) is 5.69 Å². The first-order valence-electron chi connectivity index (χ1n) is 5.94. The number of rotatable bonds is 1. The van der Waals surface area contributed by atoms with E-state index in [1.807, 2.05) is 0 Å². The van der Waals surface area contributed by atoms with Crippen LogP contribution < -0.4 is 11.4 Å². The summed E-state index contributed by atoms with van der Waals surface area (Å²) in [5.74, 6) is 0. The summed E-state index contributed by atoms with van der Waals surface area (Å²) in [6, 6.07) is 8.55. The highest BCUT2D eigenvalue weighted by Gasteiger charge is 2.29. The fraction of sp³-hybridized carbons (Fsp3) is 0.333. The topological polar surface area (TPSA) is 89.4 Å². The van der Waals surface area contributed by atoms with E-state index in [9.17, 15) is 19.8 Å². The molecule has 1 aromatic heterocycles. The van der Waals surface area contributed by atoms with Crippen molar-refractivity contribution >= 4 is 0 Å². The van der Waals surface area contributed by atoms with Crippen LogP contribution in [0.5, 0.6) is 0 Å². The van der Waals surface area contributed by atoms with E-state index < -0.39 is 23.6 Å². The Morgan fingerprint density at radius 1 is 0.895 bits per heavy atom. The van der Waals surface area contributed by atoms with Gasteiger partial charge in [0.15, 0.2) is 0 Å². The lowest BCUT2D eigenvalue weighted by Gasteiger charge is -2.25. The normalized spacial score (nSPS) is 22.2. The highest BCUT2D eigenvalue weighted by atomic mass is 16.3. The summed E-state index contributed by atoms with van der Waals surface area (Å²) in [5, 5.41) is 19.2. The van der Waals surface area contributed by atoms with Gasteiger partial charge < -0.3 is 10.2 Å². The minimum absolute atomic E-state index is 0.0882. The number of para-hydroxylation sites is 1. The Balaban J connectivity index is 2.23. The molecule has 2 atom stereocenters. The van der Waals surface area contributed by atoms with Gasteiger partial charge in [0.25, 0.3) is 0 Å². The predicted molar refractivity (Wildman–Crippen MR) is 66.3 cm³/mol. The molecule has 7 heteroatoms. The Hall–Kier alpha value is -2.12. The first-order valence-corrected chi connectivity index (χ1v) is 5.94. The van der Waals surface area contributed by atoms with Crippen LogP contribution in [0.4, 0.5) is 0 Å². The van der Waals surface area contributed by atoms with Crippen LogP contribution in [-0.2, 0) is 13.1 Å². The number of aliphatic hydroxyl groups is 2. The summed E-state index contributed by atoms with van der Waals surface area (Å²) < 4.78 is 3.35. The molecular formula is C12H13N3O4. The first-order chi connectivity index (χ1) is 9.09. The Morgan fingerprint density at radius 2 is 1.37 bits per heavy atom. The quantitative estimate of drug-likeness (QED) is 0.658. The fourth-order valence-electron chi connectivity index (χ4n) is 2.27. The molecule has 1 aliphatic rings. The number of nitrogens with zero attached hydrogens (tertiary/aromatic N) is 3. The lowest BCUT2D eigenvalue weighted by molar-refractivity contribution is -0.0309. The molecule has 1 aliphatic heterocycles. The number of aromatic nitrogens is 3. The lowest BCUT2D eigenvalue weighted by Crippen LogP contribution is -2.46. The van der Waals surface area contributed by atoms with Gasteiger partial charge in [0.05, 0.1) is 18.8 Å². The van der Waals surface area contributed by atoms with E-state index in [0.29, 0.717) is 5.69 Å². The van der Waals surface area contributed by atoms with Crippen molar-refractivity contribution in [3.05, 3.63) is 51.3 Å². The number of hydrogen-bond acceptors (Lipinski definition) is 4. The molecule has 2 N–H and O–H groups in total. The van der Waals surface area contributed by atoms with Crippen molar-refractivity contribution in [1.29, 1.82) is 0 Å². The molecule has 0 amide bonds. The molecule has 19 heavy (non-hydrogen) atoms. The second kappa shape index (κ2) is 4.22. The van der Waals surface area contributed by atoms with Gasteiger partial charge in [-0.1, -0.05) is 18.2 Å². The molecule has 0 spiro atoms. The molecule has 1 aromatic carbocycles. The van der Waals surface area contributed by atoms with Crippen LogP contribution in [0.15, 0.2) is 39.9 Å². The van der Waals surface area contributed by atoms with E-state index in [2.05, 4.69) is 0 Å². The second-order valence-electron chi connectivity index (χ2n) is 4.54. The molecule has 0 bridgehead atoms. The number of aliphatic hydroxyl groups excluding tert-OH is 2. The van der Waals surface area contributed by atoms with Crippen LogP contribution in [0, 0.1) is 0 Å². The zero-order valence-corrected chi connectivity index (χ0v) is 10.0. The maximum Gasteiger partial charge on any atom is 0.351 e. The number of hydrogen-bond donors (Lipinski definition) is 2. The van der Waals surface area contributed by atoms with Crippen LogP contribution in [0.1, 0.15) is 0 Å². The largest absolute Gasteiger partial charge is 0.388 e. The second-order valence-corrected chi connectivity index (χ2v) is 4.54. The van der Waals surface area contributed by atoms with Crippen LogP contribution in [0.3, 0.4) is 0 Å². The summed E-state index contributed by atoms with van der Waals surface area (Å²) in [6.45, 7) is -0.176. The number of fused-ring (bicyclic) bond motifs is 1. The molecule has 0 fully saturated rings. The lowest BCUT2D eigenvalue weighted by atomic mass is 10.2. The molecule has 7 nitrogen and oxygen atoms in total. The third kappa shape index (κ3) is 1.74. The van der Waals surface area contributed by atoms with Crippen molar-refractivity contribution in [1.82, 2.24) is 13.9 Å². The number of benzene rings is 1. The van der Waals surface area contributed by atoms with Gasteiger partial charge in [-0.05, 0) is 12.1 Å². The molecule has 0 radical (unpaired) electrons. The molecule has 3 rings (SSSR count). The smallest absolute Gasteiger partial charge is 0.351 e. The highest BCUT2D eigenvalue weighted by molar-refractivity contribution is 5.30. The van der Waals surface area contributed by atoms with Gasteiger partial charge in [-0.15, -0.1) is 0 Å². The fourth-order valence-corrected chi connectivity index (χ4v) is 2.27. The van der Waals surface area contributed by atoms with Crippen LogP contribution in [0.2, 0.25) is 0 Å². The maximum atomic E-state index is 12.2. The molecular weight excluding hydrogens is 250 g/mol. The maximum absolute atomic E-state index is 12.2. The summed E-state index contributed by atoms with van der Waals surface area (Å²) in [7, 11) is 0. The van der Waals surface area contributed by atoms with E-state index in [0.717, 1.165) is 13.9 Å². The zero-order chi connectivity index (χ0) is 13.6. The summed E-state index contributed by atoms with van der Waals surface area (Å²) in [6.07, 6.45) is -2.08. The van der Waals surface area contributed by atoms with E-state index in [4.69, 9.17) is 0 Å². The average molecular weight is 263 g/mol. The monoisotopic (exact) mass is 263 g/mol. The molecule has 2 aromatic rings. The molecule has 0 saturated carbocycles. The average Bonchev–Trinajstić information content (AvgIpc) is 2.64. The van der Waals surface area contributed by atoms with Crippen molar-refractivity contribution in [3.8, 4) is 5.69 Å². The van der Waals surface area contributed by atoms with Crippen molar-refractivity contribution in [2.45, 2.75) is 25.3 Å². The summed E-state index contributed by atoms with van der Waals surface area (Å²) in [4.78, 5) is 24.4. The standard InChI is InChI=1S/C12H13N3O4/c16-9-6-13-11(18)15(8-4-2-1-3-5-8)12(19)14(13)7-10(9)17/h1-5,9-10,16-17H,6-7H2. The van der Waals surface area contributed by atoms with Gasteiger partial charge >= 0.3 is 11.4 Å². The van der Waals surface area contributed by atoms with Crippen LogP contribution in [-0.4, -0.2) is 36.4 Å². The van der Waals surface area contributed by atoms with E-state index >= 15 is 0 Å². The summed E-state index contributed by atoms with van der Waals surface area (Å²) in [5.41, 5.74) is -0.555. The van der Waals surface area contributed by atoms with Crippen molar-refractivity contribution in [2.75, 3.05) is 0 Å². The summed E-state index contributed by atoms with van der Waals surface area (Å²) >= 11 is 0. The van der Waals surface area contributed by atoms with Gasteiger partial charge in [-0.25, -0.2) is 23.5 Å². The first kappa shape index (κ1) is 11.9. The Labute approximate surface area is 107 Å². The Kier molecular flexibility index (Phi) is 2.65. The van der Waals surface area contributed by atoms with Crippen LogP contribution >= 0.6 is 0 Å². The molecule has 2 heterocycles. The van der Waals surface area contributed by atoms with E-state index in [1.165, 1.54) is 0 Å². The van der Waals surface area contributed by atoms with Crippen molar-refractivity contribution < 1.29 is 10.2 Å². The van der Waals surface area contributed by atoms with Gasteiger partial charge in [-0.3, -0.25) is 0 Å². The Morgan fingerprint density at radius 3 is 1.84 bits per heavy atom. The predicted octanol–water partition coefficient (Wildman–Crippen LogP) is -1.46. The minimum atomic E-state index is -1.04. The van der Waals surface area contributed by atoms with Gasteiger partial charge in [-0.2, -0.15) is 0 Å². The van der Waals surface area contributed by atoms with Gasteiger partial charge in [0.1, 0.15) is 12.2 Å². The molecule has 0 aliphatic carbocycles. The van der Waals surface area contributed by atoms with E-state index in [-0.39, 0.29) is 13.1 Å². The zero-order valence-electron chi connectivity index (χ0n) is 10.0. The third-order valence-corrected chi connectivity index (χ3v) is 3.29. The van der Waals surface area contributed by atoms with Crippen molar-refractivity contribution in [2.24, 2.45) is 0 Å². The van der Waals surface area contributed by atoms with E-state index in [1.54, 1.807) is 30.3 Å². The van der Waals surface area contributed by atoms with Gasteiger partial charge in [0, 0.05) is 0 Å². The third-order valence-electron chi connectivity index (χ3n) is 3.29. The minimum Gasteiger partial charge on any atom is -0.388 e. The molecule has 100 valence electrons. The molecule has 0 saturated heterocycles. The molecule has 2 unspecified atom stereocenters. The SMILES string of the molecule is O=c1n(-c2ccccc2)c(=O)n2n1CC(O)C(O)C2. The van der Waals surface area contributed by atoms with Gasteiger partial charge in [0.2, 0.25) is 0 Å². The van der Waals surface area contributed by atoms with Crippen molar-refractivity contribution in [3.63, 3.8) is 0 Å². The highest BCUT2D eigenvalue weighted by Crippen LogP contribution is 2.07.